The quantitative estimate of drug-likeness (QED) is 0.683. The zero-order valence-corrected chi connectivity index (χ0v) is 11.6. The number of ether oxygens (including phenoxy) is 1. The average molecular weight is 271 g/mol. The smallest absolute Gasteiger partial charge is 0.233 e. The Kier molecular flexibility index (Phi) is 4.19. The fourth-order valence-electron chi connectivity index (χ4n) is 2.29. The Bertz CT molecular complexity index is 338. The molecule has 0 aromatic rings. The van der Waals surface area contributed by atoms with Crippen LogP contribution >= 0.6 is 12.2 Å². The van der Waals surface area contributed by atoms with E-state index in [2.05, 4.69) is 10.2 Å². The number of nitrogens with one attached hydrogen (secondary N) is 1. The lowest BCUT2D eigenvalue weighted by Gasteiger charge is -2.30. The van der Waals surface area contributed by atoms with Crippen molar-refractivity contribution in [3.8, 4) is 0 Å². The van der Waals surface area contributed by atoms with Gasteiger partial charge in [0.1, 0.15) is 0 Å². The molecule has 0 bridgehead atoms. The lowest BCUT2D eigenvalue weighted by Crippen LogP contribution is -2.49. The summed E-state index contributed by atoms with van der Waals surface area (Å²) in [5.74, 6) is -0.00393. The molecule has 6 heteroatoms. The summed E-state index contributed by atoms with van der Waals surface area (Å²) < 4.78 is 5.30. The molecule has 2 rings (SSSR count). The highest BCUT2D eigenvalue weighted by atomic mass is 32.1. The minimum Gasteiger partial charge on any atom is -0.392 e. The SMILES string of the molecule is CC(CN1CCOCC1)NC(=O)C1(C(N)=S)CC1. The summed E-state index contributed by atoms with van der Waals surface area (Å²) in [5.41, 5.74) is 5.09. The van der Waals surface area contributed by atoms with Gasteiger partial charge in [0.2, 0.25) is 5.91 Å². The molecular weight excluding hydrogens is 250 g/mol. The van der Waals surface area contributed by atoms with Crippen molar-refractivity contribution >= 4 is 23.1 Å². The van der Waals surface area contributed by atoms with Gasteiger partial charge in [0.25, 0.3) is 0 Å². The van der Waals surface area contributed by atoms with Crippen LogP contribution in [0, 0.1) is 5.41 Å². The van der Waals surface area contributed by atoms with Crippen molar-refractivity contribution in [2.75, 3.05) is 32.8 Å². The fourth-order valence-corrected chi connectivity index (χ4v) is 2.59. The minimum atomic E-state index is -0.547. The molecule has 1 amide bonds. The fraction of sp³-hybridized carbons (Fsp3) is 0.833. The van der Waals surface area contributed by atoms with E-state index in [1.54, 1.807) is 0 Å². The molecule has 1 saturated heterocycles. The van der Waals surface area contributed by atoms with Crippen molar-refractivity contribution in [1.82, 2.24) is 10.2 Å². The number of rotatable bonds is 5. The number of carbonyl (C=O) groups excluding carboxylic acids is 1. The molecule has 3 N–H and O–H groups in total. The molecule has 1 atom stereocenters. The number of thiocarbonyl (C=S) groups is 1. The molecule has 5 nitrogen and oxygen atoms in total. The number of amides is 1. The molecule has 18 heavy (non-hydrogen) atoms. The van der Waals surface area contributed by atoms with Gasteiger partial charge in [0.15, 0.2) is 0 Å². The predicted molar refractivity (Wildman–Crippen MR) is 73.3 cm³/mol. The van der Waals surface area contributed by atoms with Gasteiger partial charge >= 0.3 is 0 Å². The molecule has 1 heterocycles. The first-order valence-electron chi connectivity index (χ1n) is 6.45. The maximum absolute atomic E-state index is 12.1. The summed E-state index contributed by atoms with van der Waals surface area (Å²) >= 11 is 4.97. The first-order chi connectivity index (χ1) is 8.54. The molecule has 0 aromatic heterocycles. The van der Waals surface area contributed by atoms with Crippen LogP contribution in [-0.2, 0) is 9.53 Å². The standard InChI is InChI=1S/C12H21N3O2S/c1-9(8-15-4-6-17-7-5-15)14-11(16)12(2-3-12)10(13)18/h9H,2-8H2,1H3,(H2,13,18)(H,14,16). The second kappa shape index (κ2) is 5.50. The van der Waals surface area contributed by atoms with Crippen LogP contribution in [0.15, 0.2) is 0 Å². The van der Waals surface area contributed by atoms with Crippen LogP contribution in [0.2, 0.25) is 0 Å². The van der Waals surface area contributed by atoms with E-state index in [0.29, 0.717) is 4.99 Å². The Labute approximate surface area is 113 Å². The Morgan fingerprint density at radius 1 is 1.50 bits per heavy atom. The van der Waals surface area contributed by atoms with E-state index in [4.69, 9.17) is 22.7 Å². The van der Waals surface area contributed by atoms with Crippen LogP contribution in [0.1, 0.15) is 19.8 Å². The highest BCUT2D eigenvalue weighted by Crippen LogP contribution is 2.46. The number of hydrogen-bond acceptors (Lipinski definition) is 4. The third kappa shape index (κ3) is 2.99. The van der Waals surface area contributed by atoms with Crippen LogP contribution in [0.5, 0.6) is 0 Å². The second-order valence-electron chi connectivity index (χ2n) is 5.23. The number of nitrogens with zero attached hydrogens (tertiary/aromatic N) is 1. The van der Waals surface area contributed by atoms with Gasteiger partial charge in [-0.2, -0.15) is 0 Å². The van der Waals surface area contributed by atoms with Crippen LogP contribution in [0.3, 0.4) is 0 Å². The maximum Gasteiger partial charge on any atom is 0.233 e. The Balaban J connectivity index is 1.78. The van der Waals surface area contributed by atoms with Gasteiger partial charge < -0.3 is 15.8 Å². The molecule has 102 valence electrons. The van der Waals surface area contributed by atoms with Crippen LogP contribution in [0.25, 0.3) is 0 Å². The summed E-state index contributed by atoms with van der Waals surface area (Å²) in [4.78, 5) is 14.7. The van der Waals surface area contributed by atoms with E-state index in [1.807, 2.05) is 6.92 Å². The van der Waals surface area contributed by atoms with Gasteiger partial charge in [-0.1, -0.05) is 12.2 Å². The molecular formula is C12H21N3O2S. The molecule has 0 aromatic carbocycles. The summed E-state index contributed by atoms with van der Waals surface area (Å²) in [5, 5.41) is 3.02. The van der Waals surface area contributed by atoms with Gasteiger partial charge in [-0.3, -0.25) is 9.69 Å². The maximum atomic E-state index is 12.1. The van der Waals surface area contributed by atoms with E-state index < -0.39 is 5.41 Å². The number of carbonyl (C=O) groups is 1. The molecule has 0 radical (unpaired) electrons. The molecule has 0 spiro atoms. The molecule has 2 fully saturated rings. The molecule has 1 unspecified atom stereocenters. The number of morpholine rings is 1. The Hall–Kier alpha value is -0.720. The topological polar surface area (TPSA) is 67.6 Å². The van der Waals surface area contributed by atoms with Gasteiger partial charge in [0, 0.05) is 25.7 Å². The number of nitrogens with two attached hydrogens (primary N) is 1. The zero-order chi connectivity index (χ0) is 13.2. The zero-order valence-electron chi connectivity index (χ0n) is 10.8. The highest BCUT2D eigenvalue weighted by Gasteiger charge is 2.52. The van der Waals surface area contributed by atoms with Crippen molar-refractivity contribution in [2.45, 2.75) is 25.8 Å². The van der Waals surface area contributed by atoms with Crippen molar-refractivity contribution in [1.29, 1.82) is 0 Å². The van der Waals surface area contributed by atoms with Crippen LogP contribution in [0.4, 0.5) is 0 Å². The summed E-state index contributed by atoms with van der Waals surface area (Å²) in [6.45, 7) is 6.28. The van der Waals surface area contributed by atoms with Gasteiger partial charge in [-0.25, -0.2) is 0 Å². The van der Waals surface area contributed by atoms with E-state index in [9.17, 15) is 4.79 Å². The van der Waals surface area contributed by atoms with Crippen molar-refractivity contribution in [3.63, 3.8) is 0 Å². The van der Waals surface area contributed by atoms with Gasteiger partial charge in [-0.05, 0) is 19.8 Å². The molecule has 1 aliphatic heterocycles. The van der Waals surface area contributed by atoms with E-state index in [0.717, 1.165) is 45.7 Å². The third-order valence-corrected chi connectivity index (χ3v) is 4.06. The lowest BCUT2D eigenvalue weighted by atomic mass is 10.1. The first kappa shape index (κ1) is 13.7. The van der Waals surface area contributed by atoms with Crippen molar-refractivity contribution < 1.29 is 9.53 Å². The van der Waals surface area contributed by atoms with Crippen molar-refractivity contribution in [2.24, 2.45) is 11.1 Å². The molecule has 1 aliphatic carbocycles. The largest absolute Gasteiger partial charge is 0.392 e. The van der Waals surface area contributed by atoms with E-state index >= 15 is 0 Å². The van der Waals surface area contributed by atoms with Gasteiger partial charge in [-0.15, -0.1) is 0 Å². The lowest BCUT2D eigenvalue weighted by molar-refractivity contribution is -0.124. The first-order valence-corrected chi connectivity index (χ1v) is 6.86. The summed E-state index contributed by atoms with van der Waals surface area (Å²) in [6.07, 6.45) is 1.58. The Morgan fingerprint density at radius 2 is 2.11 bits per heavy atom. The molecule has 1 saturated carbocycles. The summed E-state index contributed by atoms with van der Waals surface area (Å²) in [7, 11) is 0. The molecule has 2 aliphatic rings. The second-order valence-corrected chi connectivity index (χ2v) is 5.67. The van der Waals surface area contributed by atoms with Crippen LogP contribution in [-0.4, -0.2) is 54.7 Å². The van der Waals surface area contributed by atoms with Gasteiger partial charge in [0.05, 0.1) is 23.6 Å². The normalized spacial score (nSPS) is 24.3. The average Bonchev–Trinajstić information content (AvgIpc) is 3.11. The monoisotopic (exact) mass is 271 g/mol. The highest BCUT2D eigenvalue weighted by molar-refractivity contribution is 7.80. The Morgan fingerprint density at radius 3 is 2.61 bits per heavy atom. The minimum absolute atomic E-state index is 0.00393. The van der Waals surface area contributed by atoms with E-state index in [1.165, 1.54) is 0 Å². The third-order valence-electron chi connectivity index (χ3n) is 3.67. The number of hydrogen-bond donors (Lipinski definition) is 2. The van der Waals surface area contributed by atoms with Crippen LogP contribution < -0.4 is 11.1 Å². The van der Waals surface area contributed by atoms with Crippen molar-refractivity contribution in [3.05, 3.63) is 0 Å². The van der Waals surface area contributed by atoms with E-state index in [-0.39, 0.29) is 11.9 Å². The predicted octanol–water partition coefficient (Wildman–Crippen LogP) is -0.110. The summed E-state index contributed by atoms with van der Waals surface area (Å²) in [6, 6.07) is 0.113.